The molecular weight excluding hydrogens is 222 g/mol. The van der Waals surface area contributed by atoms with Gasteiger partial charge in [-0.25, -0.2) is 19.3 Å². The van der Waals surface area contributed by atoms with Gasteiger partial charge in [-0.3, -0.25) is 0 Å². The number of aliphatic hydroxyl groups is 1. The van der Waals surface area contributed by atoms with Crippen LogP contribution in [0, 0.1) is 0 Å². The highest BCUT2D eigenvalue weighted by Gasteiger charge is 2.33. The molecule has 0 aliphatic heterocycles. The van der Waals surface area contributed by atoms with Gasteiger partial charge in [-0.15, -0.1) is 0 Å². The Balaban J connectivity index is 1.79. The summed E-state index contributed by atoms with van der Waals surface area (Å²) in [5.41, 5.74) is -0.399. The van der Waals surface area contributed by atoms with Crippen LogP contribution < -0.4 is 11.0 Å². The first-order valence-electron chi connectivity index (χ1n) is 5.55. The zero-order chi connectivity index (χ0) is 11.9. The van der Waals surface area contributed by atoms with Crippen LogP contribution in [0.1, 0.15) is 19.3 Å². The van der Waals surface area contributed by atoms with Crippen molar-refractivity contribution < 1.29 is 5.11 Å². The first-order chi connectivity index (χ1) is 8.16. The third-order valence-corrected chi connectivity index (χ3v) is 3.19. The first-order valence-corrected chi connectivity index (χ1v) is 5.55. The Bertz CT molecular complexity index is 598. The maximum atomic E-state index is 11.2. The van der Waals surface area contributed by atoms with Gasteiger partial charge in [0.25, 0.3) is 0 Å². The molecule has 3 rings (SSSR count). The van der Waals surface area contributed by atoms with E-state index >= 15 is 0 Å². The summed E-state index contributed by atoms with van der Waals surface area (Å²) >= 11 is 0. The average molecular weight is 235 g/mol. The lowest BCUT2D eigenvalue weighted by molar-refractivity contribution is -0.0202. The van der Waals surface area contributed by atoms with Gasteiger partial charge in [0, 0.05) is 12.6 Å². The number of hydrogen-bond acceptors (Lipinski definition) is 5. The van der Waals surface area contributed by atoms with Gasteiger partial charge >= 0.3 is 5.69 Å². The summed E-state index contributed by atoms with van der Waals surface area (Å²) in [6.45, 7) is 0.477. The molecule has 0 bridgehead atoms. The van der Waals surface area contributed by atoms with E-state index in [1.165, 1.54) is 10.7 Å². The van der Waals surface area contributed by atoms with Crippen molar-refractivity contribution in [1.29, 1.82) is 0 Å². The fourth-order valence-electron chi connectivity index (χ4n) is 1.92. The lowest BCUT2D eigenvalue weighted by Gasteiger charge is -2.36. The number of aromatic nitrogens is 4. The quantitative estimate of drug-likeness (QED) is 0.681. The Morgan fingerprint density at radius 1 is 1.59 bits per heavy atom. The summed E-state index contributed by atoms with van der Waals surface area (Å²) in [6.07, 6.45) is 4.13. The van der Waals surface area contributed by atoms with Gasteiger partial charge in [-0.2, -0.15) is 5.10 Å². The molecule has 0 aromatic carbocycles. The van der Waals surface area contributed by atoms with E-state index < -0.39 is 5.60 Å². The molecule has 0 amide bonds. The summed E-state index contributed by atoms with van der Waals surface area (Å²) in [6, 6.07) is 1.67. The molecule has 1 fully saturated rings. The van der Waals surface area contributed by atoms with Crippen molar-refractivity contribution in [3.63, 3.8) is 0 Å². The highest BCUT2D eigenvalue weighted by molar-refractivity contribution is 5.48. The molecule has 0 atom stereocenters. The van der Waals surface area contributed by atoms with Crippen LogP contribution in [0.25, 0.3) is 5.65 Å². The number of fused-ring (bicyclic) bond motifs is 1. The Hall–Kier alpha value is -1.89. The summed E-state index contributed by atoms with van der Waals surface area (Å²) in [5, 5.41) is 19.2. The monoisotopic (exact) mass is 235 g/mol. The topological polar surface area (TPSA) is 95.3 Å². The van der Waals surface area contributed by atoms with E-state index in [0.717, 1.165) is 19.3 Å². The van der Waals surface area contributed by atoms with E-state index in [-0.39, 0.29) is 5.69 Å². The lowest BCUT2D eigenvalue weighted by Crippen LogP contribution is -2.43. The van der Waals surface area contributed by atoms with E-state index in [0.29, 0.717) is 18.0 Å². The first kappa shape index (κ1) is 10.3. The highest BCUT2D eigenvalue weighted by Crippen LogP contribution is 2.31. The van der Waals surface area contributed by atoms with Gasteiger partial charge in [0.05, 0.1) is 5.60 Å². The van der Waals surface area contributed by atoms with Crippen LogP contribution >= 0.6 is 0 Å². The van der Waals surface area contributed by atoms with Gasteiger partial charge in [0.1, 0.15) is 12.1 Å². The molecule has 2 heterocycles. The second-order valence-corrected chi connectivity index (χ2v) is 4.46. The highest BCUT2D eigenvalue weighted by atomic mass is 16.3. The third-order valence-electron chi connectivity index (χ3n) is 3.19. The number of nitrogens with one attached hydrogen (secondary N) is 2. The number of hydrogen-bond donors (Lipinski definition) is 3. The van der Waals surface area contributed by atoms with Gasteiger partial charge in [0.2, 0.25) is 0 Å². The lowest BCUT2D eigenvalue weighted by atomic mass is 9.80. The summed E-state index contributed by atoms with van der Waals surface area (Å²) in [4.78, 5) is 15.3. The third kappa shape index (κ3) is 1.78. The van der Waals surface area contributed by atoms with E-state index in [9.17, 15) is 9.90 Å². The summed E-state index contributed by atoms with van der Waals surface area (Å²) in [7, 11) is 0. The molecule has 2 aromatic heterocycles. The predicted octanol–water partition coefficient (Wildman–Crippen LogP) is -0.256. The molecule has 7 heteroatoms. The number of nitrogens with zero attached hydrogens (tertiary/aromatic N) is 3. The fraction of sp³-hybridized carbons (Fsp3) is 0.500. The standard InChI is InChI=1S/C10H13N5O2/c16-9-14-13-8-4-7(12-6-15(8)9)11-5-10(17)2-1-3-10/h4,6,11,17H,1-3,5H2,(H,14,16). The van der Waals surface area contributed by atoms with Gasteiger partial charge in [0.15, 0.2) is 5.65 Å². The molecule has 90 valence electrons. The number of H-pyrrole nitrogens is 1. The van der Waals surface area contributed by atoms with Crippen LogP contribution in [0.3, 0.4) is 0 Å². The largest absolute Gasteiger partial charge is 0.388 e. The SMILES string of the molecule is O=c1[nH]nc2cc(NCC3(O)CCC3)ncn12. The van der Waals surface area contributed by atoms with E-state index in [1.807, 2.05) is 0 Å². The molecule has 0 unspecified atom stereocenters. The minimum absolute atomic E-state index is 0.309. The number of anilines is 1. The molecule has 0 radical (unpaired) electrons. The predicted molar refractivity (Wildman–Crippen MR) is 60.9 cm³/mol. The molecule has 1 saturated carbocycles. The van der Waals surface area contributed by atoms with E-state index in [4.69, 9.17) is 0 Å². The minimum atomic E-state index is -0.598. The van der Waals surface area contributed by atoms with Crippen LogP contribution in [0.15, 0.2) is 17.2 Å². The Labute approximate surface area is 96.5 Å². The minimum Gasteiger partial charge on any atom is -0.388 e. The summed E-state index contributed by atoms with van der Waals surface area (Å²) in [5.74, 6) is 0.608. The van der Waals surface area contributed by atoms with Crippen molar-refractivity contribution in [2.45, 2.75) is 24.9 Å². The van der Waals surface area contributed by atoms with Crippen LogP contribution in [0.4, 0.5) is 5.82 Å². The van der Waals surface area contributed by atoms with E-state index in [2.05, 4.69) is 20.5 Å². The second-order valence-electron chi connectivity index (χ2n) is 4.46. The molecular formula is C10H13N5O2. The number of rotatable bonds is 3. The van der Waals surface area contributed by atoms with Gasteiger partial charge < -0.3 is 10.4 Å². The number of aromatic amines is 1. The van der Waals surface area contributed by atoms with Crippen molar-refractivity contribution >= 4 is 11.5 Å². The summed E-state index contributed by atoms with van der Waals surface area (Å²) < 4.78 is 1.32. The van der Waals surface area contributed by atoms with Crippen molar-refractivity contribution in [3.8, 4) is 0 Å². The molecule has 0 spiro atoms. The fourth-order valence-corrected chi connectivity index (χ4v) is 1.92. The molecule has 7 nitrogen and oxygen atoms in total. The normalized spacial score (nSPS) is 17.9. The van der Waals surface area contributed by atoms with Crippen LogP contribution in [-0.2, 0) is 0 Å². The van der Waals surface area contributed by atoms with Gasteiger partial charge in [-0.1, -0.05) is 0 Å². The Morgan fingerprint density at radius 2 is 2.41 bits per heavy atom. The van der Waals surface area contributed by atoms with Crippen LogP contribution in [0.5, 0.6) is 0 Å². The zero-order valence-corrected chi connectivity index (χ0v) is 9.18. The Morgan fingerprint density at radius 3 is 3.12 bits per heavy atom. The van der Waals surface area contributed by atoms with Crippen molar-refractivity contribution in [2.75, 3.05) is 11.9 Å². The van der Waals surface area contributed by atoms with Crippen LogP contribution in [-0.4, -0.2) is 36.8 Å². The molecule has 3 N–H and O–H groups in total. The molecule has 1 aliphatic rings. The molecule has 1 aliphatic carbocycles. The van der Waals surface area contributed by atoms with Crippen LogP contribution in [0.2, 0.25) is 0 Å². The Kier molecular flexibility index (Phi) is 2.15. The van der Waals surface area contributed by atoms with Crippen molar-refractivity contribution in [2.24, 2.45) is 0 Å². The molecule has 2 aromatic rings. The van der Waals surface area contributed by atoms with Crippen molar-refractivity contribution in [1.82, 2.24) is 19.6 Å². The maximum absolute atomic E-state index is 11.2. The van der Waals surface area contributed by atoms with Gasteiger partial charge in [-0.05, 0) is 19.3 Å². The average Bonchev–Trinajstić information content (AvgIpc) is 2.66. The molecule has 0 saturated heterocycles. The molecule has 17 heavy (non-hydrogen) atoms. The van der Waals surface area contributed by atoms with E-state index in [1.54, 1.807) is 6.07 Å². The zero-order valence-electron chi connectivity index (χ0n) is 9.18. The smallest absolute Gasteiger partial charge is 0.348 e. The van der Waals surface area contributed by atoms with Crippen molar-refractivity contribution in [3.05, 3.63) is 22.9 Å². The second kappa shape index (κ2) is 3.56. The maximum Gasteiger partial charge on any atom is 0.348 e.